The van der Waals surface area contributed by atoms with Gasteiger partial charge in [0.15, 0.2) is 0 Å². The van der Waals surface area contributed by atoms with Gasteiger partial charge in [-0.15, -0.1) is 0 Å². The smallest absolute Gasteiger partial charge is 0.312 e. The lowest BCUT2D eigenvalue weighted by Gasteiger charge is -2.63. The second-order valence-corrected chi connectivity index (χ2v) is 18.5. The van der Waals surface area contributed by atoms with Crippen molar-refractivity contribution in [2.24, 2.45) is 69.0 Å². The van der Waals surface area contributed by atoms with E-state index in [1.807, 2.05) is 0 Å². The van der Waals surface area contributed by atoms with E-state index in [0.29, 0.717) is 16.2 Å². The average Bonchev–Trinajstić information content (AvgIpc) is 3.26. The first kappa shape index (κ1) is 29.0. The number of allylic oxidation sites excluding steroid dienone is 1. The van der Waals surface area contributed by atoms with Gasteiger partial charge in [-0.3, -0.25) is 4.79 Å². The lowest BCUT2D eigenvalue weighted by Crippen LogP contribution is -2.56. The maximum absolute atomic E-state index is 13.8. The van der Waals surface area contributed by atoms with Gasteiger partial charge < -0.3 is 4.74 Å². The van der Waals surface area contributed by atoms with E-state index in [1.165, 1.54) is 77.0 Å². The quantitative estimate of drug-likeness (QED) is 0.228. The van der Waals surface area contributed by atoms with Gasteiger partial charge in [0, 0.05) is 6.42 Å². The zero-order valence-electron chi connectivity index (χ0n) is 27.6. The van der Waals surface area contributed by atoms with Gasteiger partial charge in [-0.1, -0.05) is 72.5 Å². The summed E-state index contributed by atoms with van der Waals surface area (Å²) in [6.07, 6.45) is 24.9. The van der Waals surface area contributed by atoms with E-state index >= 15 is 0 Å². The molecular formula is C39H62O2. The van der Waals surface area contributed by atoms with Gasteiger partial charge in [-0.05, 0) is 147 Å². The Morgan fingerprint density at radius 3 is 2.20 bits per heavy atom. The third-order valence-electron chi connectivity index (χ3n) is 15.6. The second kappa shape index (κ2) is 10.1. The average molecular weight is 563 g/mol. The number of hydrogen-bond donors (Lipinski definition) is 0. The van der Waals surface area contributed by atoms with Gasteiger partial charge in [0.25, 0.3) is 0 Å². The van der Waals surface area contributed by atoms with E-state index in [-0.39, 0.29) is 17.5 Å². The van der Waals surface area contributed by atoms with Gasteiger partial charge in [0.05, 0.1) is 5.41 Å². The Hall–Kier alpha value is -0.790. The first-order chi connectivity index (χ1) is 19.4. The van der Waals surface area contributed by atoms with Crippen LogP contribution in [0.15, 0.2) is 11.6 Å². The zero-order chi connectivity index (χ0) is 28.8. The first-order valence-corrected chi connectivity index (χ1v) is 18.4. The summed E-state index contributed by atoms with van der Waals surface area (Å²) in [6.45, 7) is 15.4. The maximum atomic E-state index is 13.8. The van der Waals surface area contributed by atoms with Crippen LogP contribution in [0, 0.1) is 69.0 Å². The van der Waals surface area contributed by atoms with Crippen LogP contribution in [0.3, 0.4) is 0 Å². The summed E-state index contributed by atoms with van der Waals surface area (Å²) >= 11 is 0. The van der Waals surface area contributed by atoms with Gasteiger partial charge >= 0.3 is 5.97 Å². The number of rotatable bonds is 7. The molecule has 41 heavy (non-hydrogen) atoms. The SMILES string of the molecule is CC(C)CCCC(C)C1CCC2C1(C)CCC1C3(C)CCC(OC(=O)C45CC6CC(CC(C6)C4)C5)CC3=CCC12C. The van der Waals surface area contributed by atoms with E-state index in [0.717, 1.165) is 79.4 Å². The molecule has 8 aliphatic carbocycles. The topological polar surface area (TPSA) is 26.3 Å². The zero-order valence-corrected chi connectivity index (χ0v) is 27.6. The van der Waals surface area contributed by atoms with Crippen LogP contribution >= 0.6 is 0 Å². The Balaban J connectivity index is 1.04. The fraction of sp³-hybridized carbons (Fsp3) is 0.923. The molecule has 0 N–H and O–H groups in total. The Morgan fingerprint density at radius 1 is 0.854 bits per heavy atom. The van der Waals surface area contributed by atoms with Crippen LogP contribution in [0.5, 0.6) is 0 Å². The molecule has 0 aromatic carbocycles. The molecule has 2 heteroatoms. The Morgan fingerprint density at radius 2 is 1.54 bits per heavy atom. The number of ether oxygens (including phenoxy) is 1. The Kier molecular flexibility index (Phi) is 7.15. The first-order valence-electron chi connectivity index (χ1n) is 18.4. The molecule has 0 aliphatic heterocycles. The van der Waals surface area contributed by atoms with E-state index in [4.69, 9.17) is 4.74 Å². The van der Waals surface area contributed by atoms with Crippen LogP contribution < -0.4 is 0 Å². The summed E-state index contributed by atoms with van der Waals surface area (Å²) in [5.41, 5.74) is 2.80. The van der Waals surface area contributed by atoms with Crippen LogP contribution in [-0.2, 0) is 9.53 Å². The third kappa shape index (κ3) is 4.55. The highest BCUT2D eigenvalue weighted by molar-refractivity contribution is 5.77. The highest BCUT2D eigenvalue weighted by Crippen LogP contribution is 2.72. The normalized spacial score (nSPS) is 50.6. The third-order valence-corrected chi connectivity index (χ3v) is 15.6. The van der Waals surface area contributed by atoms with E-state index < -0.39 is 0 Å². The maximum Gasteiger partial charge on any atom is 0.312 e. The molecule has 0 aromatic heterocycles. The van der Waals surface area contributed by atoms with Crippen molar-refractivity contribution in [2.45, 2.75) is 157 Å². The standard InChI is InChI=1S/C39H62O2/c1-25(2)8-7-9-26(3)32-10-11-33-37(32,5)17-14-34-36(4)16-13-31(21-30(36)12-15-38(33,34)6)41-35(40)39-22-27-18-28(23-39)20-29(19-27)24-39/h12,25-29,31-34H,7-11,13-24H2,1-6H3. The number of fused-ring (bicyclic) bond motifs is 5. The van der Waals surface area contributed by atoms with Gasteiger partial charge in [0.2, 0.25) is 0 Å². The van der Waals surface area contributed by atoms with Crippen LogP contribution in [0.1, 0.15) is 151 Å². The predicted octanol–water partition coefficient (Wildman–Crippen LogP) is 10.5. The molecule has 0 spiro atoms. The van der Waals surface area contributed by atoms with Crippen molar-refractivity contribution >= 4 is 5.97 Å². The van der Waals surface area contributed by atoms with Crippen molar-refractivity contribution in [3.05, 3.63) is 11.6 Å². The molecule has 0 heterocycles. The molecule has 8 unspecified atom stereocenters. The summed E-state index contributed by atoms with van der Waals surface area (Å²) in [5, 5.41) is 0. The monoisotopic (exact) mass is 562 g/mol. The molecule has 8 rings (SSSR count). The Labute approximate surface area is 252 Å². The van der Waals surface area contributed by atoms with Crippen molar-refractivity contribution in [1.29, 1.82) is 0 Å². The lowest BCUT2D eigenvalue weighted by molar-refractivity contribution is -0.179. The molecule has 0 radical (unpaired) electrons. The van der Waals surface area contributed by atoms with Crippen molar-refractivity contribution in [3.8, 4) is 0 Å². The van der Waals surface area contributed by atoms with E-state index in [1.54, 1.807) is 5.57 Å². The molecule has 8 aliphatic rings. The summed E-state index contributed by atoms with van der Waals surface area (Å²) in [4.78, 5) is 13.8. The van der Waals surface area contributed by atoms with Crippen molar-refractivity contribution in [2.75, 3.05) is 0 Å². The minimum Gasteiger partial charge on any atom is -0.462 e. The highest BCUT2D eigenvalue weighted by Gasteiger charge is 2.64. The summed E-state index contributed by atoms with van der Waals surface area (Å²) in [7, 11) is 0. The molecule has 7 saturated carbocycles. The van der Waals surface area contributed by atoms with Crippen molar-refractivity contribution in [1.82, 2.24) is 0 Å². The molecular weight excluding hydrogens is 500 g/mol. The van der Waals surface area contributed by atoms with E-state index in [2.05, 4.69) is 47.6 Å². The number of carbonyl (C=O) groups is 1. The van der Waals surface area contributed by atoms with Crippen molar-refractivity contribution in [3.63, 3.8) is 0 Å². The summed E-state index contributed by atoms with van der Waals surface area (Å²) < 4.78 is 6.52. The highest BCUT2D eigenvalue weighted by atomic mass is 16.5. The van der Waals surface area contributed by atoms with Crippen LogP contribution in [0.2, 0.25) is 0 Å². The molecule has 4 bridgehead atoms. The van der Waals surface area contributed by atoms with Gasteiger partial charge in [-0.25, -0.2) is 0 Å². The molecule has 7 fully saturated rings. The lowest BCUT2D eigenvalue weighted by atomic mass is 9.41. The molecule has 0 amide bonds. The number of esters is 1. The number of carbonyl (C=O) groups excluding carboxylic acids is 1. The minimum atomic E-state index is -0.117. The largest absolute Gasteiger partial charge is 0.462 e. The minimum absolute atomic E-state index is 0.117. The molecule has 8 atom stereocenters. The fourth-order valence-corrected chi connectivity index (χ4v) is 14.0. The fourth-order valence-electron chi connectivity index (χ4n) is 14.0. The summed E-state index contributed by atoms with van der Waals surface area (Å²) in [5.74, 6) is 6.90. The molecule has 0 saturated heterocycles. The van der Waals surface area contributed by atoms with Gasteiger partial charge in [-0.2, -0.15) is 0 Å². The number of hydrogen-bond acceptors (Lipinski definition) is 2. The molecule has 0 aromatic rings. The van der Waals surface area contributed by atoms with Crippen LogP contribution in [0.4, 0.5) is 0 Å². The van der Waals surface area contributed by atoms with Crippen LogP contribution in [0.25, 0.3) is 0 Å². The molecule has 230 valence electrons. The van der Waals surface area contributed by atoms with E-state index in [9.17, 15) is 4.79 Å². The van der Waals surface area contributed by atoms with Crippen LogP contribution in [-0.4, -0.2) is 12.1 Å². The summed E-state index contributed by atoms with van der Waals surface area (Å²) in [6, 6.07) is 0. The predicted molar refractivity (Wildman–Crippen MR) is 168 cm³/mol. The van der Waals surface area contributed by atoms with Gasteiger partial charge in [0.1, 0.15) is 6.10 Å². The second-order valence-electron chi connectivity index (χ2n) is 18.5. The molecule has 2 nitrogen and oxygen atoms in total. The van der Waals surface area contributed by atoms with Crippen molar-refractivity contribution < 1.29 is 9.53 Å². The Bertz CT molecular complexity index is 1020.